The van der Waals surface area contributed by atoms with Gasteiger partial charge in [-0.1, -0.05) is 12.1 Å². The van der Waals surface area contributed by atoms with Gasteiger partial charge in [0.25, 0.3) is 0 Å². The van der Waals surface area contributed by atoms with Gasteiger partial charge in [-0.2, -0.15) is 0 Å². The van der Waals surface area contributed by atoms with E-state index in [-0.39, 0.29) is 5.97 Å². The second-order valence-electron chi connectivity index (χ2n) is 3.58. The summed E-state index contributed by atoms with van der Waals surface area (Å²) in [5.74, 6) is -0.298. The van der Waals surface area contributed by atoms with Crippen LogP contribution in [0.2, 0.25) is 0 Å². The molecule has 0 N–H and O–H groups in total. The third kappa shape index (κ3) is 3.19. The molecular weight excluding hydrogens is 204 g/mol. The van der Waals surface area contributed by atoms with Crippen LogP contribution in [0.25, 0.3) is 0 Å². The number of rotatable bonds is 5. The molecule has 3 nitrogen and oxygen atoms in total. The summed E-state index contributed by atoms with van der Waals surface area (Å²) in [7, 11) is 0. The van der Waals surface area contributed by atoms with Crippen LogP contribution < -0.4 is 0 Å². The van der Waals surface area contributed by atoms with E-state index in [9.17, 15) is 9.59 Å². The number of carbonyl (C=O) groups is 2. The summed E-state index contributed by atoms with van der Waals surface area (Å²) in [4.78, 5) is 21.9. The minimum Gasteiger partial charge on any atom is -0.462 e. The second kappa shape index (κ2) is 6.05. The van der Waals surface area contributed by atoms with Crippen LogP contribution in [0.5, 0.6) is 0 Å². The van der Waals surface area contributed by atoms with Crippen molar-refractivity contribution in [2.45, 2.75) is 26.7 Å². The Hall–Kier alpha value is -1.64. The van der Waals surface area contributed by atoms with Gasteiger partial charge in [-0.3, -0.25) is 0 Å². The van der Waals surface area contributed by atoms with Crippen molar-refractivity contribution in [2.75, 3.05) is 6.61 Å². The molecule has 0 saturated carbocycles. The highest BCUT2D eigenvalue weighted by atomic mass is 16.5. The van der Waals surface area contributed by atoms with Gasteiger partial charge < -0.3 is 9.53 Å². The highest BCUT2D eigenvalue weighted by molar-refractivity contribution is 5.91. The lowest BCUT2D eigenvalue weighted by molar-refractivity contribution is -0.107. The molecule has 0 spiro atoms. The Morgan fingerprint density at radius 2 is 2.19 bits per heavy atom. The predicted octanol–water partition coefficient (Wildman–Crippen LogP) is 2.30. The van der Waals surface area contributed by atoms with Gasteiger partial charge in [-0.15, -0.1) is 0 Å². The molecule has 3 heteroatoms. The van der Waals surface area contributed by atoms with Crippen molar-refractivity contribution < 1.29 is 14.3 Å². The van der Waals surface area contributed by atoms with E-state index in [2.05, 4.69) is 0 Å². The van der Waals surface area contributed by atoms with E-state index >= 15 is 0 Å². The molecule has 0 fully saturated rings. The quantitative estimate of drug-likeness (QED) is 0.565. The van der Waals surface area contributed by atoms with Gasteiger partial charge >= 0.3 is 5.97 Å². The number of esters is 1. The van der Waals surface area contributed by atoms with Gasteiger partial charge in [0.15, 0.2) is 0 Å². The van der Waals surface area contributed by atoms with Gasteiger partial charge in [0.2, 0.25) is 0 Å². The van der Waals surface area contributed by atoms with Crippen molar-refractivity contribution >= 4 is 12.3 Å². The normalized spacial score (nSPS) is 9.88. The minimum absolute atomic E-state index is 0.298. The van der Waals surface area contributed by atoms with Gasteiger partial charge in [0, 0.05) is 6.42 Å². The summed E-state index contributed by atoms with van der Waals surface area (Å²) >= 11 is 0. The van der Waals surface area contributed by atoms with Crippen LogP contribution in [-0.4, -0.2) is 18.9 Å². The van der Waals surface area contributed by atoms with Crippen LogP contribution >= 0.6 is 0 Å². The van der Waals surface area contributed by atoms with Crippen molar-refractivity contribution in [2.24, 2.45) is 0 Å². The highest BCUT2D eigenvalue weighted by Crippen LogP contribution is 2.13. The van der Waals surface area contributed by atoms with E-state index < -0.39 is 0 Å². The molecule has 16 heavy (non-hydrogen) atoms. The average Bonchev–Trinajstić information content (AvgIpc) is 2.28. The minimum atomic E-state index is -0.298. The van der Waals surface area contributed by atoms with Crippen LogP contribution in [0.4, 0.5) is 0 Å². The molecule has 0 heterocycles. The first kappa shape index (κ1) is 12.4. The first-order valence-corrected chi connectivity index (χ1v) is 5.39. The number of aryl methyl sites for hydroxylation is 2. The third-order valence-corrected chi connectivity index (χ3v) is 2.35. The maximum Gasteiger partial charge on any atom is 0.338 e. The van der Waals surface area contributed by atoms with Crippen molar-refractivity contribution in [1.29, 1.82) is 0 Å². The van der Waals surface area contributed by atoms with E-state index in [0.29, 0.717) is 25.0 Å². The van der Waals surface area contributed by atoms with Gasteiger partial charge in [-0.05, 0) is 37.5 Å². The third-order valence-electron chi connectivity index (χ3n) is 2.35. The lowest BCUT2D eigenvalue weighted by Gasteiger charge is -2.07. The molecule has 0 bridgehead atoms. The van der Waals surface area contributed by atoms with Crippen LogP contribution in [0.15, 0.2) is 18.2 Å². The van der Waals surface area contributed by atoms with E-state index in [0.717, 1.165) is 17.4 Å². The van der Waals surface area contributed by atoms with E-state index in [4.69, 9.17) is 4.74 Å². The average molecular weight is 220 g/mol. The van der Waals surface area contributed by atoms with Gasteiger partial charge in [-0.25, -0.2) is 4.79 Å². The fourth-order valence-electron chi connectivity index (χ4n) is 1.48. The first-order chi connectivity index (χ1) is 7.69. The fraction of sp³-hybridized carbons (Fsp3) is 0.385. The monoisotopic (exact) mass is 220 g/mol. The Balaban J connectivity index is 2.89. The summed E-state index contributed by atoms with van der Waals surface area (Å²) in [6.45, 7) is 4.02. The summed E-state index contributed by atoms with van der Waals surface area (Å²) < 4.78 is 4.96. The lowest BCUT2D eigenvalue weighted by atomic mass is 10.0. The highest BCUT2D eigenvalue weighted by Gasteiger charge is 2.10. The van der Waals surface area contributed by atoms with Gasteiger partial charge in [0.05, 0.1) is 12.2 Å². The predicted molar refractivity (Wildman–Crippen MR) is 61.5 cm³/mol. The first-order valence-electron chi connectivity index (χ1n) is 5.39. The van der Waals surface area contributed by atoms with Crippen molar-refractivity contribution in [1.82, 2.24) is 0 Å². The largest absolute Gasteiger partial charge is 0.462 e. The Morgan fingerprint density at radius 1 is 1.44 bits per heavy atom. The van der Waals surface area contributed by atoms with Crippen LogP contribution in [-0.2, 0) is 16.0 Å². The molecule has 1 aromatic rings. The SMILES string of the molecule is CCOC(=O)c1cc(CCC=O)ccc1C. The zero-order chi connectivity index (χ0) is 12.0. The Bertz CT molecular complexity index is 383. The Kier molecular flexibility index (Phi) is 4.70. The van der Waals surface area contributed by atoms with Crippen molar-refractivity contribution in [3.05, 3.63) is 34.9 Å². The molecule has 1 rings (SSSR count). The second-order valence-corrected chi connectivity index (χ2v) is 3.58. The zero-order valence-corrected chi connectivity index (χ0v) is 9.66. The number of benzene rings is 1. The molecule has 0 amide bonds. The summed E-state index contributed by atoms with van der Waals surface area (Å²) in [6.07, 6.45) is 2.02. The lowest BCUT2D eigenvalue weighted by Crippen LogP contribution is -2.07. The number of carbonyl (C=O) groups excluding carboxylic acids is 2. The fourth-order valence-corrected chi connectivity index (χ4v) is 1.48. The zero-order valence-electron chi connectivity index (χ0n) is 9.66. The molecule has 0 aliphatic rings. The Labute approximate surface area is 95.4 Å². The molecule has 0 atom stereocenters. The standard InChI is InChI=1S/C13H16O3/c1-3-16-13(15)12-9-11(5-4-8-14)7-6-10(12)2/h6-9H,3-5H2,1-2H3. The maximum atomic E-state index is 11.6. The van der Waals surface area contributed by atoms with Crippen LogP contribution in [0.1, 0.15) is 34.8 Å². The molecule has 0 saturated heterocycles. The van der Waals surface area contributed by atoms with Gasteiger partial charge in [0.1, 0.15) is 6.29 Å². The van der Waals surface area contributed by atoms with Crippen molar-refractivity contribution in [3.63, 3.8) is 0 Å². The number of aldehydes is 1. The molecule has 86 valence electrons. The van der Waals surface area contributed by atoms with Crippen LogP contribution in [0, 0.1) is 6.92 Å². The summed E-state index contributed by atoms with van der Waals surface area (Å²) in [5.41, 5.74) is 2.47. The van der Waals surface area contributed by atoms with Crippen molar-refractivity contribution in [3.8, 4) is 0 Å². The molecule has 0 aliphatic carbocycles. The molecule has 0 aliphatic heterocycles. The summed E-state index contributed by atoms with van der Waals surface area (Å²) in [6, 6.07) is 5.62. The molecule has 1 aromatic carbocycles. The Morgan fingerprint density at radius 3 is 2.81 bits per heavy atom. The molecule has 0 unspecified atom stereocenters. The molecule has 0 radical (unpaired) electrons. The van der Waals surface area contributed by atoms with E-state index in [1.165, 1.54) is 0 Å². The number of ether oxygens (including phenoxy) is 1. The maximum absolute atomic E-state index is 11.6. The number of hydrogen-bond donors (Lipinski definition) is 0. The van der Waals surface area contributed by atoms with E-state index in [1.54, 1.807) is 13.0 Å². The summed E-state index contributed by atoms with van der Waals surface area (Å²) in [5, 5.41) is 0. The van der Waals surface area contributed by atoms with E-state index in [1.807, 2.05) is 19.1 Å². The topological polar surface area (TPSA) is 43.4 Å². The number of hydrogen-bond acceptors (Lipinski definition) is 3. The van der Waals surface area contributed by atoms with Crippen LogP contribution in [0.3, 0.4) is 0 Å². The smallest absolute Gasteiger partial charge is 0.338 e. The molecule has 0 aromatic heterocycles. The molecular formula is C13H16O3.